The van der Waals surface area contributed by atoms with E-state index in [1.807, 2.05) is 0 Å². The Bertz CT molecular complexity index is 881. The van der Waals surface area contributed by atoms with E-state index < -0.39 is 17.7 Å². The zero-order valence-electron chi connectivity index (χ0n) is 13.3. The highest BCUT2D eigenvalue weighted by Gasteiger charge is 2.36. The summed E-state index contributed by atoms with van der Waals surface area (Å²) in [5.74, 6) is -1.32. The SMILES string of the molecule is CC(NC(=O)CN1C(=O)c2ccc(Br)cc2C1=O)c1cccc(O)c1. The minimum atomic E-state index is -0.485. The fourth-order valence-corrected chi connectivity index (χ4v) is 3.08. The number of rotatable bonds is 4. The summed E-state index contributed by atoms with van der Waals surface area (Å²) < 4.78 is 0.691. The van der Waals surface area contributed by atoms with Crippen molar-refractivity contribution in [1.82, 2.24) is 10.2 Å². The standard InChI is InChI=1S/C18H15BrN2O4/c1-10(11-3-2-4-13(22)7-11)20-16(23)9-21-17(24)14-6-5-12(19)8-15(14)18(21)25/h2-8,10,22H,9H2,1H3,(H,20,23). The summed E-state index contributed by atoms with van der Waals surface area (Å²) in [6.45, 7) is 1.40. The molecule has 128 valence electrons. The van der Waals surface area contributed by atoms with Gasteiger partial charge in [0, 0.05) is 4.47 Å². The summed E-state index contributed by atoms with van der Waals surface area (Å²) in [7, 11) is 0. The number of carbonyl (C=O) groups excluding carboxylic acids is 3. The quantitative estimate of drug-likeness (QED) is 0.769. The highest BCUT2D eigenvalue weighted by atomic mass is 79.9. The molecule has 2 aromatic rings. The van der Waals surface area contributed by atoms with Crippen LogP contribution < -0.4 is 5.32 Å². The predicted molar refractivity (Wildman–Crippen MR) is 94.2 cm³/mol. The first kappa shape index (κ1) is 17.2. The maximum absolute atomic E-state index is 12.4. The number of hydrogen-bond acceptors (Lipinski definition) is 4. The first-order valence-corrected chi connectivity index (χ1v) is 8.40. The molecule has 6 nitrogen and oxygen atoms in total. The predicted octanol–water partition coefficient (Wildman–Crippen LogP) is 2.63. The molecule has 7 heteroatoms. The van der Waals surface area contributed by atoms with Gasteiger partial charge in [-0.25, -0.2) is 0 Å². The van der Waals surface area contributed by atoms with Crippen LogP contribution in [0, 0.1) is 0 Å². The smallest absolute Gasteiger partial charge is 0.262 e. The van der Waals surface area contributed by atoms with Crippen LogP contribution in [0.15, 0.2) is 46.9 Å². The van der Waals surface area contributed by atoms with E-state index in [-0.39, 0.29) is 23.9 Å². The summed E-state index contributed by atoms with van der Waals surface area (Å²) in [6.07, 6.45) is 0. The Kier molecular flexibility index (Phi) is 4.59. The number of fused-ring (bicyclic) bond motifs is 1. The van der Waals surface area contributed by atoms with Gasteiger partial charge in [-0.1, -0.05) is 28.1 Å². The Balaban J connectivity index is 1.70. The number of nitrogens with zero attached hydrogens (tertiary/aromatic N) is 1. The monoisotopic (exact) mass is 402 g/mol. The Hall–Kier alpha value is -2.67. The molecule has 0 aliphatic carbocycles. The van der Waals surface area contributed by atoms with Crippen LogP contribution in [0.5, 0.6) is 5.75 Å². The Labute approximate surface area is 152 Å². The van der Waals surface area contributed by atoms with Crippen LogP contribution in [-0.4, -0.2) is 34.3 Å². The van der Waals surface area contributed by atoms with Crippen molar-refractivity contribution < 1.29 is 19.5 Å². The minimum absolute atomic E-state index is 0.101. The van der Waals surface area contributed by atoms with Crippen molar-refractivity contribution in [3.05, 3.63) is 63.6 Å². The van der Waals surface area contributed by atoms with Crippen molar-refractivity contribution in [3.63, 3.8) is 0 Å². The van der Waals surface area contributed by atoms with Gasteiger partial charge in [0.15, 0.2) is 0 Å². The van der Waals surface area contributed by atoms with Gasteiger partial charge in [-0.3, -0.25) is 19.3 Å². The number of aromatic hydroxyl groups is 1. The molecule has 0 saturated heterocycles. The van der Waals surface area contributed by atoms with E-state index in [2.05, 4.69) is 21.2 Å². The van der Waals surface area contributed by atoms with Crippen LogP contribution in [0.3, 0.4) is 0 Å². The molecule has 2 N–H and O–H groups in total. The fraction of sp³-hybridized carbons (Fsp3) is 0.167. The van der Waals surface area contributed by atoms with E-state index in [0.717, 1.165) is 10.5 Å². The van der Waals surface area contributed by atoms with Crippen molar-refractivity contribution in [2.45, 2.75) is 13.0 Å². The number of hydrogen-bond donors (Lipinski definition) is 2. The second-order valence-electron chi connectivity index (χ2n) is 5.77. The van der Waals surface area contributed by atoms with Gasteiger partial charge in [0.1, 0.15) is 12.3 Å². The van der Waals surface area contributed by atoms with E-state index in [1.54, 1.807) is 43.3 Å². The van der Waals surface area contributed by atoms with Gasteiger partial charge in [0.2, 0.25) is 5.91 Å². The zero-order chi connectivity index (χ0) is 18.1. The van der Waals surface area contributed by atoms with Crippen LogP contribution in [0.4, 0.5) is 0 Å². The number of imide groups is 1. The number of amides is 3. The maximum Gasteiger partial charge on any atom is 0.262 e. The van der Waals surface area contributed by atoms with Crippen LogP contribution >= 0.6 is 15.9 Å². The van der Waals surface area contributed by atoms with Crippen molar-refractivity contribution in [3.8, 4) is 5.75 Å². The zero-order valence-corrected chi connectivity index (χ0v) is 14.9. The molecule has 0 fully saturated rings. The second-order valence-corrected chi connectivity index (χ2v) is 6.69. The molecule has 0 saturated carbocycles. The summed E-state index contributed by atoms with van der Waals surface area (Å²) in [4.78, 5) is 37.9. The molecule has 0 spiro atoms. The summed E-state index contributed by atoms with van der Waals surface area (Å²) in [6, 6.07) is 11.0. The molecule has 0 radical (unpaired) electrons. The van der Waals surface area contributed by atoms with E-state index >= 15 is 0 Å². The number of phenolic OH excluding ortho intramolecular Hbond substituents is 1. The van der Waals surface area contributed by atoms with Crippen molar-refractivity contribution in [2.24, 2.45) is 0 Å². The molecule has 3 rings (SSSR count). The van der Waals surface area contributed by atoms with Gasteiger partial charge in [-0.15, -0.1) is 0 Å². The molecule has 25 heavy (non-hydrogen) atoms. The molecule has 3 amide bonds. The summed E-state index contributed by atoms with van der Waals surface area (Å²) >= 11 is 3.27. The topological polar surface area (TPSA) is 86.7 Å². The molecular formula is C18H15BrN2O4. The lowest BCUT2D eigenvalue weighted by Crippen LogP contribution is -2.41. The lowest BCUT2D eigenvalue weighted by Gasteiger charge is -2.18. The van der Waals surface area contributed by atoms with Gasteiger partial charge < -0.3 is 10.4 Å². The molecule has 0 bridgehead atoms. The second kappa shape index (κ2) is 6.68. The molecule has 1 atom stereocenters. The first-order chi connectivity index (χ1) is 11.9. The molecule has 1 heterocycles. The minimum Gasteiger partial charge on any atom is -0.508 e. The largest absolute Gasteiger partial charge is 0.508 e. The van der Waals surface area contributed by atoms with Crippen LogP contribution in [0.1, 0.15) is 39.2 Å². The van der Waals surface area contributed by atoms with Crippen molar-refractivity contribution in [1.29, 1.82) is 0 Å². The van der Waals surface area contributed by atoms with Gasteiger partial charge in [0.05, 0.1) is 17.2 Å². The lowest BCUT2D eigenvalue weighted by atomic mass is 10.1. The fourth-order valence-electron chi connectivity index (χ4n) is 2.71. The van der Waals surface area contributed by atoms with Gasteiger partial charge in [-0.2, -0.15) is 0 Å². The Morgan fingerprint density at radius 3 is 2.60 bits per heavy atom. The molecule has 1 unspecified atom stereocenters. The first-order valence-electron chi connectivity index (χ1n) is 7.61. The van der Waals surface area contributed by atoms with Crippen molar-refractivity contribution >= 4 is 33.7 Å². The molecule has 1 aliphatic heterocycles. The summed E-state index contributed by atoms with van der Waals surface area (Å²) in [5, 5.41) is 12.2. The van der Waals surface area contributed by atoms with E-state index in [1.165, 1.54) is 6.07 Å². The highest BCUT2D eigenvalue weighted by Crippen LogP contribution is 2.26. The van der Waals surface area contributed by atoms with Crippen molar-refractivity contribution in [2.75, 3.05) is 6.54 Å². The third kappa shape index (κ3) is 3.41. The molecule has 1 aliphatic rings. The molecule has 0 aromatic heterocycles. The van der Waals surface area contributed by atoms with Gasteiger partial charge in [0.25, 0.3) is 11.8 Å². The lowest BCUT2D eigenvalue weighted by molar-refractivity contribution is -0.122. The highest BCUT2D eigenvalue weighted by molar-refractivity contribution is 9.10. The Morgan fingerprint density at radius 2 is 1.88 bits per heavy atom. The van der Waals surface area contributed by atoms with Crippen LogP contribution in [-0.2, 0) is 4.79 Å². The van der Waals surface area contributed by atoms with Gasteiger partial charge >= 0.3 is 0 Å². The van der Waals surface area contributed by atoms with Crippen LogP contribution in [0.2, 0.25) is 0 Å². The van der Waals surface area contributed by atoms with Crippen LogP contribution in [0.25, 0.3) is 0 Å². The maximum atomic E-state index is 12.4. The summed E-state index contributed by atoms with van der Waals surface area (Å²) in [5.41, 5.74) is 1.30. The van der Waals surface area contributed by atoms with E-state index in [4.69, 9.17) is 0 Å². The third-order valence-electron chi connectivity index (χ3n) is 3.98. The number of halogens is 1. The van der Waals surface area contributed by atoms with E-state index in [9.17, 15) is 19.5 Å². The van der Waals surface area contributed by atoms with E-state index in [0.29, 0.717) is 10.0 Å². The van der Waals surface area contributed by atoms with Gasteiger partial charge in [-0.05, 0) is 42.8 Å². The number of carbonyl (C=O) groups is 3. The number of phenols is 1. The normalized spacial score (nSPS) is 14.4. The third-order valence-corrected chi connectivity index (χ3v) is 4.48. The molecular weight excluding hydrogens is 388 g/mol. The number of nitrogens with one attached hydrogen (secondary N) is 1. The average molecular weight is 403 g/mol. The number of benzene rings is 2. The Morgan fingerprint density at radius 1 is 1.16 bits per heavy atom. The molecule has 2 aromatic carbocycles. The average Bonchev–Trinajstić information content (AvgIpc) is 2.79.